The summed E-state index contributed by atoms with van der Waals surface area (Å²) in [5, 5.41) is 8.54. The van der Waals surface area contributed by atoms with Crippen molar-refractivity contribution in [3.8, 4) is 22.8 Å². The van der Waals surface area contributed by atoms with E-state index < -0.39 is 10.0 Å². The van der Waals surface area contributed by atoms with Crippen LogP contribution in [0.2, 0.25) is 0 Å². The van der Waals surface area contributed by atoms with Crippen LogP contribution in [0.15, 0.2) is 77.0 Å². The topological polar surface area (TPSA) is 110 Å². The van der Waals surface area contributed by atoms with E-state index in [1.165, 1.54) is 34.9 Å². The standard InChI is InChI=1S/C27H26N4O5S2/c1-28-27-30-23(17-37-27)19-7-12-25(35-2)22(15-19)29-26(32)16-36-20-8-10-21(11-9-20)38(33,34)31-14-13-18-5-3-4-6-24(18)31/h3-12,15,17H,13-14,16H2,1-2H3,(H,28,30)(H,29,32). The molecule has 0 radical (unpaired) electrons. The van der Waals surface area contributed by atoms with Crippen LogP contribution in [0.25, 0.3) is 11.3 Å². The van der Waals surface area contributed by atoms with E-state index in [4.69, 9.17) is 9.47 Å². The maximum absolute atomic E-state index is 13.2. The molecule has 4 aromatic rings. The number of benzene rings is 3. The summed E-state index contributed by atoms with van der Waals surface area (Å²) >= 11 is 1.49. The highest BCUT2D eigenvalue weighted by molar-refractivity contribution is 7.92. The molecule has 2 N–H and O–H groups in total. The maximum Gasteiger partial charge on any atom is 0.264 e. The van der Waals surface area contributed by atoms with Gasteiger partial charge in [0.05, 0.1) is 29.1 Å². The van der Waals surface area contributed by atoms with Crippen LogP contribution in [0, 0.1) is 0 Å². The molecule has 1 aliphatic heterocycles. The second kappa shape index (κ2) is 10.7. The van der Waals surface area contributed by atoms with Gasteiger partial charge in [0.2, 0.25) is 0 Å². The predicted octanol–water partition coefficient (Wildman–Crippen LogP) is 4.63. The van der Waals surface area contributed by atoms with Crippen LogP contribution in [-0.4, -0.2) is 46.6 Å². The highest BCUT2D eigenvalue weighted by Crippen LogP contribution is 2.34. The van der Waals surface area contributed by atoms with Crippen molar-refractivity contribution in [2.75, 3.05) is 42.2 Å². The minimum absolute atomic E-state index is 0.163. The van der Waals surface area contributed by atoms with Crippen molar-refractivity contribution >= 4 is 43.8 Å². The van der Waals surface area contributed by atoms with E-state index in [0.29, 0.717) is 35.8 Å². The highest BCUT2D eigenvalue weighted by Gasteiger charge is 2.30. The molecule has 3 aromatic carbocycles. The van der Waals surface area contributed by atoms with E-state index in [1.807, 2.05) is 35.7 Å². The predicted molar refractivity (Wildman–Crippen MR) is 149 cm³/mol. The number of nitrogens with zero attached hydrogens (tertiary/aromatic N) is 2. The van der Waals surface area contributed by atoms with Crippen molar-refractivity contribution in [1.82, 2.24) is 4.98 Å². The van der Waals surface area contributed by atoms with Crippen LogP contribution in [0.5, 0.6) is 11.5 Å². The third kappa shape index (κ3) is 5.15. The number of carbonyl (C=O) groups is 1. The Morgan fingerprint density at radius 2 is 1.89 bits per heavy atom. The van der Waals surface area contributed by atoms with Crippen LogP contribution in [-0.2, 0) is 21.2 Å². The van der Waals surface area contributed by atoms with Gasteiger partial charge >= 0.3 is 0 Å². The zero-order valence-corrected chi connectivity index (χ0v) is 22.4. The first-order chi connectivity index (χ1) is 18.4. The number of rotatable bonds is 9. The van der Waals surface area contributed by atoms with Gasteiger partial charge in [-0.2, -0.15) is 0 Å². The van der Waals surface area contributed by atoms with Crippen molar-refractivity contribution in [2.24, 2.45) is 0 Å². The lowest BCUT2D eigenvalue weighted by atomic mass is 10.1. The summed E-state index contributed by atoms with van der Waals surface area (Å²) in [4.78, 5) is 17.3. The van der Waals surface area contributed by atoms with Crippen molar-refractivity contribution in [3.63, 3.8) is 0 Å². The minimum atomic E-state index is -3.70. The van der Waals surface area contributed by atoms with Crippen molar-refractivity contribution in [1.29, 1.82) is 0 Å². The molecule has 38 heavy (non-hydrogen) atoms. The molecular formula is C27H26N4O5S2. The number of nitrogens with one attached hydrogen (secondary N) is 2. The fourth-order valence-corrected chi connectivity index (χ4v) is 6.40. The SMILES string of the molecule is CNc1nc(-c2ccc(OC)c(NC(=O)COc3ccc(S(=O)(=O)N4CCc5ccccc54)cc3)c2)cs1. The number of anilines is 3. The van der Waals surface area contributed by atoms with Gasteiger partial charge in [0, 0.05) is 24.5 Å². The van der Waals surface area contributed by atoms with E-state index in [1.54, 1.807) is 31.3 Å². The van der Waals surface area contributed by atoms with Crippen LogP contribution >= 0.6 is 11.3 Å². The number of ether oxygens (including phenoxy) is 2. The Bertz CT molecular complexity index is 1570. The quantitative estimate of drug-likeness (QED) is 0.313. The molecule has 1 aliphatic rings. The van der Waals surface area contributed by atoms with Crippen molar-refractivity contribution < 1.29 is 22.7 Å². The Labute approximate surface area is 225 Å². The van der Waals surface area contributed by atoms with Crippen LogP contribution in [0.1, 0.15) is 5.56 Å². The van der Waals surface area contributed by atoms with Crippen LogP contribution in [0.3, 0.4) is 0 Å². The second-order valence-electron chi connectivity index (χ2n) is 8.47. The van der Waals surface area contributed by atoms with Crippen LogP contribution in [0.4, 0.5) is 16.5 Å². The molecule has 2 heterocycles. The molecule has 5 rings (SSSR count). The lowest BCUT2D eigenvalue weighted by Crippen LogP contribution is -2.29. The molecule has 0 spiro atoms. The van der Waals surface area contributed by atoms with E-state index in [9.17, 15) is 13.2 Å². The summed E-state index contributed by atoms with van der Waals surface area (Å²) in [5.74, 6) is 0.493. The molecule has 1 aromatic heterocycles. The number of hydrogen-bond donors (Lipinski definition) is 2. The zero-order valence-electron chi connectivity index (χ0n) is 20.8. The van der Waals surface area contributed by atoms with Gasteiger partial charge < -0.3 is 20.1 Å². The van der Waals surface area contributed by atoms with Gasteiger partial charge in [-0.25, -0.2) is 13.4 Å². The van der Waals surface area contributed by atoms with E-state index in [-0.39, 0.29) is 17.4 Å². The fourth-order valence-electron chi connectivity index (χ4n) is 4.21. The van der Waals surface area contributed by atoms with Gasteiger partial charge in [0.15, 0.2) is 11.7 Å². The number of thiazole rings is 1. The minimum Gasteiger partial charge on any atom is -0.495 e. The summed E-state index contributed by atoms with van der Waals surface area (Å²) in [6, 6.07) is 19.0. The van der Waals surface area contributed by atoms with E-state index in [0.717, 1.165) is 22.0 Å². The Morgan fingerprint density at radius 1 is 1.11 bits per heavy atom. The zero-order chi connectivity index (χ0) is 26.7. The van der Waals surface area contributed by atoms with Gasteiger partial charge in [-0.3, -0.25) is 9.10 Å². The molecule has 0 unspecified atom stereocenters. The number of aromatic nitrogens is 1. The second-order valence-corrected chi connectivity index (χ2v) is 11.2. The summed E-state index contributed by atoms with van der Waals surface area (Å²) in [5.41, 5.74) is 3.82. The molecule has 0 bridgehead atoms. The summed E-state index contributed by atoms with van der Waals surface area (Å²) in [7, 11) is -0.365. The van der Waals surface area contributed by atoms with Crippen molar-refractivity contribution in [3.05, 3.63) is 77.7 Å². The number of hydrogen-bond acceptors (Lipinski definition) is 8. The summed E-state index contributed by atoms with van der Waals surface area (Å²) in [6.45, 7) is 0.142. The Hall–Kier alpha value is -4.09. The number of fused-ring (bicyclic) bond motifs is 1. The largest absolute Gasteiger partial charge is 0.495 e. The average Bonchev–Trinajstić information content (AvgIpc) is 3.60. The third-order valence-corrected chi connectivity index (χ3v) is 8.80. The van der Waals surface area contributed by atoms with Crippen molar-refractivity contribution in [2.45, 2.75) is 11.3 Å². The third-order valence-electron chi connectivity index (χ3n) is 6.11. The monoisotopic (exact) mass is 550 g/mol. The average molecular weight is 551 g/mol. The van der Waals surface area contributed by atoms with E-state index in [2.05, 4.69) is 15.6 Å². The molecule has 0 atom stereocenters. The first kappa shape index (κ1) is 25.6. The first-order valence-electron chi connectivity index (χ1n) is 11.8. The Kier molecular flexibility index (Phi) is 7.21. The van der Waals surface area contributed by atoms with Gasteiger partial charge in [-0.05, 0) is 60.5 Å². The summed E-state index contributed by atoms with van der Waals surface area (Å²) in [6.07, 6.45) is 0.681. The van der Waals surface area contributed by atoms with Gasteiger partial charge in [-0.1, -0.05) is 18.2 Å². The molecule has 196 valence electrons. The molecular weight excluding hydrogens is 524 g/mol. The Balaban J connectivity index is 1.23. The molecule has 1 amide bonds. The molecule has 9 nitrogen and oxygen atoms in total. The number of carbonyl (C=O) groups excluding carboxylic acids is 1. The molecule has 0 aliphatic carbocycles. The fraction of sp³-hybridized carbons (Fsp3) is 0.185. The van der Waals surface area contributed by atoms with Gasteiger partial charge in [0.1, 0.15) is 11.5 Å². The smallest absolute Gasteiger partial charge is 0.264 e. The highest BCUT2D eigenvalue weighted by atomic mass is 32.2. The molecule has 0 saturated carbocycles. The lowest BCUT2D eigenvalue weighted by Gasteiger charge is -2.19. The maximum atomic E-state index is 13.2. The molecule has 11 heteroatoms. The first-order valence-corrected chi connectivity index (χ1v) is 14.2. The Morgan fingerprint density at radius 3 is 2.63 bits per heavy atom. The lowest BCUT2D eigenvalue weighted by molar-refractivity contribution is -0.118. The number of amides is 1. The van der Waals surface area contributed by atoms with Gasteiger partial charge in [0.25, 0.3) is 15.9 Å². The molecule has 0 fully saturated rings. The molecule has 0 saturated heterocycles. The normalized spacial score (nSPS) is 12.6. The summed E-state index contributed by atoms with van der Waals surface area (Å²) < 4.78 is 38.8. The number of sulfonamides is 1. The van der Waals surface area contributed by atoms with E-state index >= 15 is 0 Å². The number of para-hydroxylation sites is 1. The van der Waals surface area contributed by atoms with Gasteiger partial charge in [-0.15, -0.1) is 11.3 Å². The van der Waals surface area contributed by atoms with Crippen LogP contribution < -0.4 is 24.4 Å². The number of methoxy groups -OCH3 is 1.